The van der Waals surface area contributed by atoms with Gasteiger partial charge in [-0.1, -0.05) is 19.9 Å². The minimum absolute atomic E-state index is 0.0979. The number of nitrogens with zero attached hydrogens (tertiary/aromatic N) is 3. The third kappa shape index (κ3) is 3.38. The van der Waals surface area contributed by atoms with Crippen LogP contribution in [0.4, 0.5) is 0 Å². The van der Waals surface area contributed by atoms with Crippen molar-refractivity contribution in [1.82, 2.24) is 20.3 Å². The highest BCUT2D eigenvalue weighted by molar-refractivity contribution is 5.92. The molecule has 5 nitrogen and oxygen atoms in total. The summed E-state index contributed by atoms with van der Waals surface area (Å²) in [4.78, 5) is 24.5. The van der Waals surface area contributed by atoms with Crippen molar-refractivity contribution in [1.29, 1.82) is 0 Å². The maximum Gasteiger partial charge on any atom is 0.271 e. The monoisotopic (exact) mass is 270 g/mol. The van der Waals surface area contributed by atoms with Gasteiger partial charge in [-0.05, 0) is 24.5 Å². The van der Waals surface area contributed by atoms with Crippen molar-refractivity contribution >= 4 is 5.91 Å². The molecule has 104 valence electrons. The van der Waals surface area contributed by atoms with E-state index in [2.05, 4.69) is 34.1 Å². The molecule has 0 unspecified atom stereocenters. The summed E-state index contributed by atoms with van der Waals surface area (Å²) in [5, 5.41) is 2.99. The van der Waals surface area contributed by atoms with Crippen LogP contribution in [0.5, 0.6) is 0 Å². The molecule has 0 aliphatic heterocycles. The first-order valence-electron chi connectivity index (χ1n) is 6.57. The van der Waals surface area contributed by atoms with E-state index in [0.29, 0.717) is 5.69 Å². The number of aromatic nitrogens is 3. The fourth-order valence-electron chi connectivity index (χ4n) is 1.92. The Balaban J connectivity index is 2.17. The third-order valence-electron chi connectivity index (χ3n) is 3.01. The quantitative estimate of drug-likeness (QED) is 0.925. The average molecular weight is 270 g/mol. The van der Waals surface area contributed by atoms with Gasteiger partial charge in [0.2, 0.25) is 0 Å². The Morgan fingerprint density at radius 1 is 1.20 bits per heavy atom. The van der Waals surface area contributed by atoms with Gasteiger partial charge in [0.05, 0.1) is 17.9 Å². The number of carbonyl (C=O) groups excluding carboxylic acids is 1. The van der Waals surface area contributed by atoms with Crippen LogP contribution in [0.15, 0.2) is 36.9 Å². The van der Waals surface area contributed by atoms with Crippen molar-refractivity contribution < 1.29 is 4.79 Å². The number of pyridine rings is 1. The minimum atomic E-state index is -0.222. The molecule has 1 atom stereocenters. The molecule has 0 bridgehead atoms. The fourth-order valence-corrected chi connectivity index (χ4v) is 1.92. The number of hydrogen-bond acceptors (Lipinski definition) is 4. The zero-order valence-corrected chi connectivity index (χ0v) is 11.9. The Bertz CT molecular complexity index is 566. The lowest BCUT2D eigenvalue weighted by atomic mass is 9.97. The molecule has 0 aromatic carbocycles. The molecule has 20 heavy (non-hydrogen) atoms. The van der Waals surface area contributed by atoms with Crippen LogP contribution in [0.3, 0.4) is 0 Å². The predicted octanol–water partition coefficient (Wildman–Crippen LogP) is 2.31. The van der Waals surface area contributed by atoms with Crippen LogP contribution in [0.25, 0.3) is 0 Å². The van der Waals surface area contributed by atoms with E-state index >= 15 is 0 Å². The lowest BCUT2D eigenvalue weighted by Gasteiger charge is -2.22. The van der Waals surface area contributed by atoms with Gasteiger partial charge in [-0.3, -0.25) is 14.8 Å². The number of aryl methyl sites for hydroxylation is 1. The standard InChI is InChI=1S/C15H18N4O/c1-10(2)14(12-5-4-6-16-8-12)19-15(20)13-9-17-11(3)7-18-13/h4-10,14H,1-3H3,(H,19,20)/t14-/m0/s1. The molecule has 0 radical (unpaired) electrons. The zero-order valence-electron chi connectivity index (χ0n) is 11.9. The topological polar surface area (TPSA) is 67.8 Å². The highest BCUT2D eigenvalue weighted by Crippen LogP contribution is 2.20. The van der Waals surface area contributed by atoms with Gasteiger partial charge in [0.25, 0.3) is 5.91 Å². The Morgan fingerprint density at radius 2 is 2.00 bits per heavy atom. The molecule has 0 fully saturated rings. The maximum atomic E-state index is 12.2. The second-order valence-corrected chi connectivity index (χ2v) is 5.02. The molecule has 1 N–H and O–H groups in total. The van der Waals surface area contributed by atoms with Crippen LogP contribution < -0.4 is 5.32 Å². The minimum Gasteiger partial charge on any atom is -0.344 e. The first-order chi connectivity index (χ1) is 9.58. The van der Waals surface area contributed by atoms with Crippen molar-refractivity contribution in [3.8, 4) is 0 Å². The number of carbonyl (C=O) groups is 1. The number of rotatable bonds is 4. The van der Waals surface area contributed by atoms with Gasteiger partial charge in [0.1, 0.15) is 5.69 Å². The van der Waals surface area contributed by atoms with E-state index in [1.54, 1.807) is 18.6 Å². The van der Waals surface area contributed by atoms with Gasteiger partial charge in [0, 0.05) is 18.6 Å². The SMILES string of the molecule is Cc1cnc(C(=O)N[C@H](c2cccnc2)C(C)C)cn1. The van der Waals surface area contributed by atoms with Crippen molar-refractivity contribution in [2.45, 2.75) is 26.8 Å². The van der Waals surface area contributed by atoms with Gasteiger partial charge in [-0.25, -0.2) is 4.98 Å². The van der Waals surface area contributed by atoms with Crippen LogP contribution in [0, 0.1) is 12.8 Å². The summed E-state index contributed by atoms with van der Waals surface area (Å²) in [5.41, 5.74) is 2.09. The molecule has 2 aromatic rings. The van der Waals surface area contributed by atoms with E-state index in [1.807, 2.05) is 19.1 Å². The van der Waals surface area contributed by atoms with Crippen LogP contribution >= 0.6 is 0 Å². The summed E-state index contributed by atoms with van der Waals surface area (Å²) in [5.74, 6) is 0.0293. The summed E-state index contributed by atoms with van der Waals surface area (Å²) in [6.07, 6.45) is 6.56. The van der Waals surface area contributed by atoms with Gasteiger partial charge in [0.15, 0.2) is 0 Å². The molecule has 0 saturated carbocycles. The first kappa shape index (κ1) is 14.1. The molecule has 0 saturated heterocycles. The normalized spacial score (nSPS) is 12.2. The molecule has 5 heteroatoms. The van der Waals surface area contributed by atoms with E-state index in [-0.39, 0.29) is 17.9 Å². The number of hydrogen-bond donors (Lipinski definition) is 1. The van der Waals surface area contributed by atoms with Gasteiger partial charge >= 0.3 is 0 Å². The molecule has 0 aliphatic carbocycles. The smallest absolute Gasteiger partial charge is 0.271 e. The lowest BCUT2D eigenvalue weighted by Crippen LogP contribution is -2.32. The highest BCUT2D eigenvalue weighted by atomic mass is 16.1. The van der Waals surface area contributed by atoms with Crippen molar-refractivity contribution in [3.05, 3.63) is 53.9 Å². The van der Waals surface area contributed by atoms with Gasteiger partial charge < -0.3 is 5.32 Å². The Morgan fingerprint density at radius 3 is 2.55 bits per heavy atom. The van der Waals surface area contributed by atoms with Crippen LogP contribution in [0.1, 0.15) is 41.6 Å². The summed E-state index contributed by atoms with van der Waals surface area (Å²) in [7, 11) is 0. The van der Waals surface area contributed by atoms with Crippen molar-refractivity contribution in [2.24, 2.45) is 5.92 Å². The summed E-state index contributed by atoms with van der Waals surface area (Å²) in [6, 6.07) is 3.72. The van der Waals surface area contributed by atoms with Crippen molar-refractivity contribution in [2.75, 3.05) is 0 Å². The van der Waals surface area contributed by atoms with Gasteiger partial charge in [-0.2, -0.15) is 0 Å². The second-order valence-electron chi connectivity index (χ2n) is 5.02. The third-order valence-corrected chi connectivity index (χ3v) is 3.01. The molecular formula is C15H18N4O. The van der Waals surface area contributed by atoms with Gasteiger partial charge in [-0.15, -0.1) is 0 Å². The average Bonchev–Trinajstić information content (AvgIpc) is 2.46. The van der Waals surface area contributed by atoms with E-state index in [9.17, 15) is 4.79 Å². The van der Waals surface area contributed by atoms with Crippen LogP contribution in [-0.2, 0) is 0 Å². The second kappa shape index (κ2) is 6.23. The fraction of sp³-hybridized carbons (Fsp3) is 0.333. The van der Waals surface area contributed by atoms with Crippen molar-refractivity contribution in [3.63, 3.8) is 0 Å². The van der Waals surface area contributed by atoms with E-state index < -0.39 is 0 Å². The molecular weight excluding hydrogens is 252 g/mol. The zero-order chi connectivity index (χ0) is 14.5. The Labute approximate surface area is 118 Å². The summed E-state index contributed by atoms with van der Waals surface area (Å²) < 4.78 is 0. The molecule has 2 rings (SSSR count). The summed E-state index contributed by atoms with van der Waals surface area (Å²) in [6.45, 7) is 5.94. The molecule has 0 aliphatic rings. The van der Waals surface area contributed by atoms with Crippen LogP contribution in [-0.4, -0.2) is 20.9 Å². The molecule has 2 aromatic heterocycles. The van der Waals surface area contributed by atoms with E-state index in [1.165, 1.54) is 6.20 Å². The maximum absolute atomic E-state index is 12.2. The Hall–Kier alpha value is -2.30. The number of amides is 1. The number of nitrogens with one attached hydrogen (secondary N) is 1. The lowest BCUT2D eigenvalue weighted by molar-refractivity contribution is 0.0920. The Kier molecular flexibility index (Phi) is 4.40. The summed E-state index contributed by atoms with van der Waals surface area (Å²) >= 11 is 0. The molecule has 0 spiro atoms. The van der Waals surface area contributed by atoms with E-state index in [4.69, 9.17) is 0 Å². The predicted molar refractivity (Wildman–Crippen MR) is 76.1 cm³/mol. The highest BCUT2D eigenvalue weighted by Gasteiger charge is 2.20. The molecule has 2 heterocycles. The first-order valence-corrected chi connectivity index (χ1v) is 6.57. The van der Waals surface area contributed by atoms with E-state index in [0.717, 1.165) is 11.3 Å². The molecule has 1 amide bonds. The van der Waals surface area contributed by atoms with Crippen LogP contribution in [0.2, 0.25) is 0 Å². The largest absolute Gasteiger partial charge is 0.344 e.